The molecule has 0 radical (unpaired) electrons. The topological polar surface area (TPSA) is 54.4 Å². The van der Waals surface area contributed by atoms with Gasteiger partial charge in [0.25, 0.3) is 0 Å². The van der Waals surface area contributed by atoms with Crippen LogP contribution in [0.1, 0.15) is 0 Å². The molecule has 0 aromatic rings. The number of hydrogen-bond acceptors (Lipinski definition) is 2. The molecule has 0 rings (SSSR count). The molecule has 0 fully saturated rings. The summed E-state index contributed by atoms with van der Waals surface area (Å²) in [5.74, 6) is -3.08. The molecule has 0 bridgehead atoms. The van der Waals surface area contributed by atoms with Crippen molar-refractivity contribution < 1.29 is 31.6 Å². The lowest BCUT2D eigenvalue weighted by atomic mass is 10.7. The summed E-state index contributed by atoms with van der Waals surface area (Å²) in [6.45, 7) is 0. The summed E-state index contributed by atoms with van der Waals surface area (Å²) in [7, 11) is -6.86. The molecule has 0 aliphatic heterocycles. The van der Waals surface area contributed by atoms with Crippen LogP contribution in [0.3, 0.4) is 0 Å². The van der Waals surface area contributed by atoms with Crippen LogP contribution in [-0.2, 0) is 9.36 Å². The Bertz CT molecular complexity index is 195. The normalized spacial score (nSPS) is 13.2. The van der Waals surface area contributed by atoms with E-state index in [1.165, 1.54) is 0 Å². The maximum absolute atomic E-state index is 11.4. The van der Waals surface area contributed by atoms with Crippen molar-refractivity contribution in [1.82, 2.24) is 0 Å². The maximum Gasteiger partial charge on any atom is 0.483 e. The second kappa shape index (κ2) is 2.23. The fourth-order valence-electron chi connectivity index (χ4n) is 0.111. The fraction of sp³-hybridized carbons (Fsp3) is 0.500. The lowest BCUT2D eigenvalue weighted by Crippen LogP contribution is -2.25. The smallest absolute Gasteiger partial charge is 0.476 e. The van der Waals surface area contributed by atoms with Crippen molar-refractivity contribution in [2.24, 2.45) is 0 Å². The highest BCUT2D eigenvalue weighted by Gasteiger charge is 2.59. The Kier molecular flexibility index (Phi) is 2.10. The van der Waals surface area contributed by atoms with Gasteiger partial charge in [-0.05, 0) is 0 Å². The first-order chi connectivity index (χ1) is 4.19. The van der Waals surface area contributed by atoms with Gasteiger partial charge in [-0.15, -0.1) is 8.39 Å². The van der Waals surface area contributed by atoms with Gasteiger partial charge in [0.05, 0.1) is 0 Å². The summed E-state index contributed by atoms with van der Waals surface area (Å²) in [6.07, 6.45) is 0. The van der Waals surface area contributed by atoms with Gasteiger partial charge in [0.15, 0.2) is 0 Å². The molecular weight excluding hydrogens is 179 g/mol. The van der Waals surface area contributed by atoms with Gasteiger partial charge in [-0.25, -0.2) is 9.36 Å². The highest BCUT2D eigenvalue weighted by atomic mass is 31.2. The van der Waals surface area contributed by atoms with E-state index in [4.69, 9.17) is 5.11 Å². The molecule has 0 spiro atoms. The van der Waals surface area contributed by atoms with E-state index in [-0.39, 0.29) is 0 Å². The van der Waals surface area contributed by atoms with Crippen LogP contribution in [0.25, 0.3) is 0 Å². The number of carboxylic acids is 1. The summed E-state index contributed by atoms with van der Waals surface area (Å²) in [6, 6.07) is 0. The van der Waals surface area contributed by atoms with Gasteiger partial charge in [0, 0.05) is 0 Å². The van der Waals surface area contributed by atoms with Gasteiger partial charge in [-0.1, -0.05) is 0 Å². The van der Waals surface area contributed by atoms with Crippen molar-refractivity contribution in [3.05, 3.63) is 0 Å². The molecule has 0 aliphatic carbocycles. The third-order valence-electron chi connectivity index (χ3n) is 0.584. The third kappa shape index (κ3) is 1.47. The highest BCUT2D eigenvalue weighted by molar-refractivity contribution is 7.55. The molecule has 0 saturated heterocycles. The van der Waals surface area contributed by atoms with E-state index in [2.05, 4.69) is 0 Å². The number of halogens is 4. The second-order valence-corrected chi connectivity index (χ2v) is 2.79. The monoisotopic (exact) mass is 180 g/mol. The number of hydrogen-bond donors (Lipinski definition) is 1. The third-order valence-corrected chi connectivity index (χ3v) is 1.43. The predicted octanol–water partition coefficient (Wildman–Crippen LogP) is 1.80. The summed E-state index contributed by atoms with van der Waals surface area (Å²) >= 11 is 0. The minimum atomic E-state index is -6.86. The zero-order chi connectivity index (χ0) is 8.58. The van der Waals surface area contributed by atoms with E-state index in [0.29, 0.717) is 0 Å². The molecule has 0 atom stereocenters. The molecule has 0 unspecified atom stereocenters. The van der Waals surface area contributed by atoms with Crippen molar-refractivity contribution in [1.29, 1.82) is 0 Å². The van der Waals surface area contributed by atoms with E-state index in [1.807, 2.05) is 0 Å². The average molecular weight is 180 g/mol. The van der Waals surface area contributed by atoms with Crippen molar-refractivity contribution in [2.75, 3.05) is 0 Å². The molecule has 60 valence electrons. The van der Waals surface area contributed by atoms with Crippen LogP contribution >= 0.6 is 7.76 Å². The molecular formula is C2HF4O3P. The molecule has 1 N–H and O–H groups in total. The predicted molar refractivity (Wildman–Crippen MR) is 22.4 cm³/mol. The molecule has 3 nitrogen and oxygen atoms in total. The van der Waals surface area contributed by atoms with E-state index < -0.39 is 19.4 Å². The van der Waals surface area contributed by atoms with Crippen LogP contribution < -0.4 is 0 Å². The lowest BCUT2D eigenvalue weighted by Gasteiger charge is -2.07. The van der Waals surface area contributed by atoms with Crippen LogP contribution in [0.4, 0.5) is 17.2 Å². The van der Waals surface area contributed by atoms with E-state index in [0.717, 1.165) is 0 Å². The maximum atomic E-state index is 11.4. The number of aliphatic carboxylic acids is 1. The molecule has 0 heterocycles. The van der Waals surface area contributed by atoms with E-state index in [9.17, 15) is 26.5 Å². The zero-order valence-corrected chi connectivity index (χ0v) is 5.12. The van der Waals surface area contributed by atoms with Crippen molar-refractivity contribution >= 4 is 13.7 Å². The first-order valence-electron chi connectivity index (χ1n) is 1.80. The van der Waals surface area contributed by atoms with Crippen LogP contribution in [0, 0.1) is 0 Å². The molecule has 0 saturated carbocycles. The van der Waals surface area contributed by atoms with Crippen LogP contribution in [0.5, 0.6) is 0 Å². The minimum absolute atomic E-state index is 3.08. The second-order valence-electron chi connectivity index (χ2n) is 1.31. The first kappa shape index (κ1) is 9.42. The number of carboxylic acid groups (broad SMARTS) is 1. The quantitative estimate of drug-likeness (QED) is 0.520. The summed E-state index contributed by atoms with van der Waals surface area (Å²) in [4.78, 5) is 9.27. The largest absolute Gasteiger partial charge is 0.483 e. The van der Waals surface area contributed by atoms with Gasteiger partial charge in [0.1, 0.15) is 0 Å². The number of alkyl halides is 2. The van der Waals surface area contributed by atoms with Gasteiger partial charge in [-0.2, -0.15) is 8.78 Å². The van der Waals surface area contributed by atoms with Crippen LogP contribution in [-0.4, -0.2) is 16.7 Å². The number of rotatable bonds is 2. The lowest BCUT2D eigenvalue weighted by molar-refractivity contribution is -0.154. The summed E-state index contributed by atoms with van der Waals surface area (Å²) in [5, 5.41) is 7.37. The van der Waals surface area contributed by atoms with Crippen LogP contribution in [0.2, 0.25) is 0 Å². The van der Waals surface area contributed by atoms with Crippen molar-refractivity contribution in [3.8, 4) is 0 Å². The molecule has 8 heteroatoms. The van der Waals surface area contributed by atoms with Crippen LogP contribution in [0.15, 0.2) is 0 Å². The van der Waals surface area contributed by atoms with Gasteiger partial charge < -0.3 is 5.11 Å². The molecule has 0 aliphatic rings. The van der Waals surface area contributed by atoms with Gasteiger partial charge in [0.2, 0.25) is 0 Å². The molecule has 0 aromatic carbocycles. The Morgan fingerprint density at radius 3 is 1.70 bits per heavy atom. The van der Waals surface area contributed by atoms with Gasteiger partial charge >= 0.3 is 19.4 Å². The Balaban J connectivity index is 4.75. The Hall–Kier alpha value is -0.580. The SMILES string of the molecule is O=C(O)C(F)(F)P(=O)(F)F. The van der Waals surface area contributed by atoms with Crippen molar-refractivity contribution in [3.63, 3.8) is 0 Å². The number of carbonyl (C=O) groups is 1. The van der Waals surface area contributed by atoms with Crippen molar-refractivity contribution in [2.45, 2.75) is 5.66 Å². The summed E-state index contributed by atoms with van der Waals surface area (Å²) in [5.41, 5.74) is -5.42. The first-order valence-corrected chi connectivity index (χ1v) is 3.29. The standard InChI is InChI=1S/C2HF4O3P/c3-2(4,1(7)8)10(5,6)9/h(H,7,8). The Morgan fingerprint density at radius 2 is 1.70 bits per heavy atom. The Labute approximate surface area is 52.3 Å². The minimum Gasteiger partial charge on any atom is -0.476 e. The average Bonchev–Trinajstić information content (AvgIpc) is 1.62. The molecule has 10 heavy (non-hydrogen) atoms. The summed E-state index contributed by atoms with van der Waals surface area (Å²) < 4.78 is 54.4. The highest BCUT2D eigenvalue weighted by Crippen LogP contribution is 2.62. The van der Waals surface area contributed by atoms with E-state index in [1.54, 1.807) is 0 Å². The molecule has 0 aromatic heterocycles. The molecule has 0 amide bonds. The van der Waals surface area contributed by atoms with Gasteiger partial charge in [-0.3, -0.25) is 0 Å². The van der Waals surface area contributed by atoms with E-state index >= 15 is 0 Å². The Morgan fingerprint density at radius 1 is 1.40 bits per heavy atom. The fourth-order valence-corrected chi connectivity index (χ4v) is 0.334. The zero-order valence-electron chi connectivity index (χ0n) is 4.22.